The molecule has 1 aliphatic heterocycles. The van der Waals surface area contributed by atoms with E-state index >= 15 is 0 Å². The van der Waals surface area contributed by atoms with Crippen LogP contribution in [-0.2, 0) is 14.1 Å². The van der Waals surface area contributed by atoms with Crippen LogP contribution in [0.3, 0.4) is 0 Å². The van der Waals surface area contributed by atoms with E-state index in [1.54, 1.807) is 0 Å². The Bertz CT molecular complexity index is 1020. The number of fused-ring (bicyclic) bond motifs is 1. The summed E-state index contributed by atoms with van der Waals surface area (Å²) in [5.41, 5.74) is -0.211. The van der Waals surface area contributed by atoms with E-state index in [0.717, 1.165) is 4.57 Å². The minimum Gasteiger partial charge on any atom is -0.486 e. The number of aromatic nitrogens is 2. The number of hydrogen-bond donors (Lipinski definition) is 0. The largest absolute Gasteiger partial charge is 0.486 e. The van der Waals surface area contributed by atoms with Gasteiger partial charge in [0.25, 0.3) is 5.56 Å². The van der Waals surface area contributed by atoms with Crippen LogP contribution in [0.5, 0.6) is 5.75 Å². The molecule has 0 bridgehead atoms. The maximum atomic E-state index is 12.6. The number of halogens is 2. The van der Waals surface area contributed by atoms with Crippen molar-refractivity contribution in [3.63, 3.8) is 0 Å². The van der Waals surface area contributed by atoms with Crippen molar-refractivity contribution in [1.82, 2.24) is 9.13 Å². The number of Topliss-reactive ketones (excluding diaryl/α,β-unsaturated/α-hetero) is 1. The average molecular weight is 367 g/mol. The lowest BCUT2D eigenvalue weighted by Crippen LogP contribution is -2.37. The van der Waals surface area contributed by atoms with Crippen molar-refractivity contribution in [3.05, 3.63) is 65.9 Å². The fraction of sp³-hybridized carbons (Fsp3) is 0.188. The van der Waals surface area contributed by atoms with E-state index in [9.17, 15) is 14.4 Å². The van der Waals surface area contributed by atoms with Crippen LogP contribution >= 0.6 is 23.2 Å². The number of hydrogen-bond acceptors (Lipinski definition) is 4. The van der Waals surface area contributed by atoms with Crippen molar-refractivity contribution in [1.29, 1.82) is 0 Å². The van der Waals surface area contributed by atoms with Crippen LogP contribution in [0.2, 0.25) is 10.0 Å². The molecule has 0 N–H and O–H groups in total. The molecule has 1 aliphatic rings. The van der Waals surface area contributed by atoms with Crippen molar-refractivity contribution in [3.8, 4) is 5.75 Å². The van der Waals surface area contributed by atoms with Gasteiger partial charge in [-0.25, -0.2) is 4.79 Å². The SMILES string of the molecule is Cn1cc(/C=C2/COc3c(Cl)cc(Cl)cc3C2=O)c(=O)n(C)c1=O. The van der Waals surface area contributed by atoms with Gasteiger partial charge in [-0.2, -0.15) is 0 Å². The van der Waals surface area contributed by atoms with Crippen molar-refractivity contribution < 1.29 is 9.53 Å². The summed E-state index contributed by atoms with van der Waals surface area (Å²) in [6.45, 7) is -0.0286. The molecule has 0 radical (unpaired) electrons. The predicted octanol–water partition coefficient (Wildman–Crippen LogP) is 2.05. The fourth-order valence-corrected chi connectivity index (χ4v) is 3.04. The number of carbonyl (C=O) groups is 1. The van der Waals surface area contributed by atoms with Gasteiger partial charge in [0.1, 0.15) is 12.4 Å². The molecule has 0 fully saturated rings. The van der Waals surface area contributed by atoms with Gasteiger partial charge in [-0.05, 0) is 18.2 Å². The average Bonchev–Trinajstić information content (AvgIpc) is 2.53. The Hall–Kier alpha value is -2.31. The van der Waals surface area contributed by atoms with E-state index in [-0.39, 0.29) is 39.9 Å². The van der Waals surface area contributed by atoms with E-state index in [4.69, 9.17) is 27.9 Å². The zero-order valence-electron chi connectivity index (χ0n) is 12.8. The summed E-state index contributed by atoms with van der Waals surface area (Å²) in [7, 11) is 2.90. The standard InChI is InChI=1S/C16H12Cl2N2O4/c1-19-6-8(15(22)20(2)16(19)23)3-9-7-24-14-11(13(9)21)4-10(17)5-12(14)18/h3-6H,7H2,1-2H3/b9-3-. The first kappa shape index (κ1) is 16.5. The second kappa shape index (κ2) is 5.96. The molecule has 2 heterocycles. The Labute approximate surface area is 146 Å². The Morgan fingerprint density at radius 3 is 2.58 bits per heavy atom. The van der Waals surface area contributed by atoms with Crippen molar-refractivity contribution in [2.45, 2.75) is 0 Å². The number of ether oxygens (including phenoxy) is 1. The van der Waals surface area contributed by atoms with Gasteiger partial charge in [0.15, 0.2) is 5.78 Å². The highest BCUT2D eigenvalue weighted by Crippen LogP contribution is 2.36. The number of ketones is 1. The zero-order valence-corrected chi connectivity index (χ0v) is 14.3. The van der Waals surface area contributed by atoms with Crippen molar-refractivity contribution in [2.24, 2.45) is 14.1 Å². The lowest BCUT2D eigenvalue weighted by atomic mass is 9.99. The minimum absolute atomic E-state index is 0.0286. The van der Waals surface area contributed by atoms with Gasteiger partial charge >= 0.3 is 5.69 Å². The fourth-order valence-electron chi connectivity index (χ4n) is 2.49. The van der Waals surface area contributed by atoms with Gasteiger partial charge < -0.3 is 9.30 Å². The number of rotatable bonds is 1. The molecule has 0 saturated heterocycles. The molecule has 3 rings (SSSR count). The summed E-state index contributed by atoms with van der Waals surface area (Å²) in [6.07, 6.45) is 2.80. The van der Waals surface area contributed by atoms with E-state index in [0.29, 0.717) is 5.02 Å². The second-order valence-corrected chi connectivity index (χ2v) is 6.24. The van der Waals surface area contributed by atoms with E-state index in [1.165, 1.54) is 43.1 Å². The third-order valence-corrected chi connectivity index (χ3v) is 4.22. The highest BCUT2D eigenvalue weighted by molar-refractivity contribution is 6.37. The quantitative estimate of drug-likeness (QED) is 0.724. The summed E-state index contributed by atoms with van der Waals surface area (Å²) in [5, 5.41) is 0.567. The third-order valence-electron chi connectivity index (χ3n) is 3.72. The molecule has 8 heteroatoms. The maximum absolute atomic E-state index is 12.6. The molecule has 0 spiro atoms. The second-order valence-electron chi connectivity index (χ2n) is 5.39. The first-order valence-corrected chi connectivity index (χ1v) is 7.69. The molecule has 24 heavy (non-hydrogen) atoms. The molecule has 0 atom stereocenters. The van der Waals surface area contributed by atoms with Gasteiger partial charge in [0.05, 0.1) is 16.1 Å². The van der Waals surface area contributed by atoms with Crippen LogP contribution < -0.4 is 16.0 Å². The normalized spacial score (nSPS) is 15.3. The first-order valence-electron chi connectivity index (χ1n) is 6.93. The van der Waals surface area contributed by atoms with E-state index in [1.807, 2.05) is 0 Å². The number of nitrogens with zero attached hydrogens (tertiary/aromatic N) is 2. The number of aryl methyl sites for hydroxylation is 1. The lowest BCUT2D eigenvalue weighted by Gasteiger charge is -2.20. The topological polar surface area (TPSA) is 70.3 Å². The molecule has 1 aromatic carbocycles. The molecule has 0 unspecified atom stereocenters. The van der Waals surface area contributed by atoms with Crippen molar-refractivity contribution in [2.75, 3.05) is 6.61 Å². The minimum atomic E-state index is -0.492. The Kier molecular flexibility index (Phi) is 4.11. The monoisotopic (exact) mass is 366 g/mol. The summed E-state index contributed by atoms with van der Waals surface area (Å²) in [6, 6.07) is 2.96. The van der Waals surface area contributed by atoms with Gasteiger partial charge in [0.2, 0.25) is 0 Å². The molecular weight excluding hydrogens is 355 g/mol. The molecule has 1 aromatic heterocycles. The Morgan fingerprint density at radius 1 is 1.17 bits per heavy atom. The maximum Gasteiger partial charge on any atom is 0.330 e. The molecule has 0 amide bonds. The highest BCUT2D eigenvalue weighted by Gasteiger charge is 2.26. The lowest BCUT2D eigenvalue weighted by molar-refractivity contribution is 0.100. The molecule has 0 aliphatic carbocycles. The highest BCUT2D eigenvalue weighted by atomic mass is 35.5. The molecule has 0 saturated carbocycles. The predicted molar refractivity (Wildman–Crippen MR) is 91.2 cm³/mol. The van der Waals surface area contributed by atoms with Crippen LogP contribution in [0.4, 0.5) is 0 Å². The first-order chi connectivity index (χ1) is 11.3. The third kappa shape index (κ3) is 2.68. The van der Waals surface area contributed by atoms with Crippen LogP contribution in [0.1, 0.15) is 15.9 Å². The molecular formula is C16H12Cl2N2O4. The smallest absolute Gasteiger partial charge is 0.330 e. The number of carbonyl (C=O) groups excluding carboxylic acids is 1. The van der Waals surface area contributed by atoms with Crippen LogP contribution in [0.15, 0.2) is 33.5 Å². The Morgan fingerprint density at radius 2 is 1.88 bits per heavy atom. The van der Waals surface area contributed by atoms with Crippen LogP contribution in [0, 0.1) is 0 Å². The van der Waals surface area contributed by atoms with Crippen LogP contribution in [-0.4, -0.2) is 21.5 Å². The molecule has 2 aromatic rings. The van der Waals surface area contributed by atoms with Gasteiger partial charge in [0, 0.05) is 30.9 Å². The van der Waals surface area contributed by atoms with Gasteiger partial charge in [-0.3, -0.25) is 14.2 Å². The molecule has 124 valence electrons. The van der Waals surface area contributed by atoms with Gasteiger partial charge in [-0.15, -0.1) is 0 Å². The van der Waals surface area contributed by atoms with E-state index < -0.39 is 11.2 Å². The summed E-state index contributed by atoms with van der Waals surface area (Å²) in [4.78, 5) is 36.5. The molecule has 6 nitrogen and oxygen atoms in total. The van der Waals surface area contributed by atoms with E-state index in [2.05, 4.69) is 0 Å². The van der Waals surface area contributed by atoms with Crippen LogP contribution in [0.25, 0.3) is 6.08 Å². The summed E-state index contributed by atoms with van der Waals surface area (Å²) >= 11 is 12.0. The van der Waals surface area contributed by atoms with Crippen molar-refractivity contribution >= 4 is 35.1 Å². The summed E-state index contributed by atoms with van der Waals surface area (Å²) < 4.78 is 7.77. The number of benzene rings is 1. The summed E-state index contributed by atoms with van der Waals surface area (Å²) in [5.74, 6) is -0.0480. The zero-order chi connectivity index (χ0) is 17.6. The Balaban J connectivity index is 2.13. The van der Waals surface area contributed by atoms with Gasteiger partial charge in [-0.1, -0.05) is 23.2 Å².